The maximum Gasteiger partial charge on any atom is 0.341 e. The van der Waals surface area contributed by atoms with E-state index in [0.29, 0.717) is 11.5 Å². The first kappa shape index (κ1) is 14.7. The third-order valence-corrected chi connectivity index (χ3v) is 2.51. The van der Waals surface area contributed by atoms with Crippen LogP contribution in [0.2, 0.25) is 0 Å². The zero-order valence-electron chi connectivity index (χ0n) is 11.2. The van der Waals surface area contributed by atoms with E-state index >= 15 is 0 Å². The Morgan fingerprint density at radius 1 is 1.47 bits per heavy atom. The van der Waals surface area contributed by atoms with E-state index in [0.717, 1.165) is 0 Å². The van der Waals surface area contributed by atoms with Crippen molar-refractivity contribution in [2.45, 2.75) is 19.9 Å². The molecule has 0 atom stereocenters. The van der Waals surface area contributed by atoms with Gasteiger partial charge in [0.05, 0.1) is 25.5 Å². The van der Waals surface area contributed by atoms with Crippen molar-refractivity contribution in [2.75, 3.05) is 24.3 Å². The number of anilines is 2. The van der Waals surface area contributed by atoms with Gasteiger partial charge < -0.3 is 21.1 Å². The Bertz CT molecular complexity index is 488. The number of primary amides is 1. The molecule has 19 heavy (non-hydrogen) atoms. The normalized spacial score (nSPS) is 10.3. The third kappa shape index (κ3) is 3.57. The molecule has 0 saturated carbocycles. The highest BCUT2D eigenvalue weighted by Crippen LogP contribution is 2.22. The lowest BCUT2D eigenvalue weighted by molar-refractivity contribution is -0.116. The second-order valence-electron chi connectivity index (χ2n) is 4.32. The molecule has 7 heteroatoms. The van der Waals surface area contributed by atoms with Crippen LogP contribution in [0, 0.1) is 0 Å². The van der Waals surface area contributed by atoms with Crippen molar-refractivity contribution < 1.29 is 14.3 Å². The number of hydrogen-bond acceptors (Lipinski definition) is 6. The average molecular weight is 266 g/mol. The largest absolute Gasteiger partial charge is 0.465 e. The average Bonchev–Trinajstić information content (AvgIpc) is 2.34. The Morgan fingerprint density at radius 2 is 2.11 bits per heavy atom. The van der Waals surface area contributed by atoms with E-state index in [1.54, 1.807) is 4.90 Å². The molecule has 0 aliphatic carbocycles. The van der Waals surface area contributed by atoms with Gasteiger partial charge in [-0.1, -0.05) is 0 Å². The quantitative estimate of drug-likeness (QED) is 0.734. The van der Waals surface area contributed by atoms with E-state index in [-0.39, 0.29) is 18.2 Å². The van der Waals surface area contributed by atoms with Crippen LogP contribution in [0.25, 0.3) is 0 Å². The molecule has 0 aromatic carbocycles. The van der Waals surface area contributed by atoms with Gasteiger partial charge in [-0.05, 0) is 19.9 Å². The van der Waals surface area contributed by atoms with Gasteiger partial charge in [-0.2, -0.15) is 0 Å². The molecule has 0 radical (unpaired) electrons. The van der Waals surface area contributed by atoms with Crippen LogP contribution in [0.1, 0.15) is 24.2 Å². The molecule has 1 aromatic rings. The monoisotopic (exact) mass is 266 g/mol. The molecule has 4 N–H and O–H groups in total. The number of methoxy groups -OCH3 is 1. The Morgan fingerprint density at radius 3 is 2.58 bits per heavy atom. The number of hydrogen-bond donors (Lipinski definition) is 2. The molecule has 0 unspecified atom stereocenters. The Kier molecular flexibility index (Phi) is 4.68. The SMILES string of the molecule is COC(=O)c1cc(N)cnc1N(CC(N)=O)C(C)C. The van der Waals surface area contributed by atoms with Gasteiger partial charge in [0, 0.05) is 6.04 Å². The molecule has 7 nitrogen and oxygen atoms in total. The summed E-state index contributed by atoms with van der Waals surface area (Å²) in [4.78, 5) is 28.6. The molecular formula is C12H18N4O3. The van der Waals surface area contributed by atoms with Gasteiger partial charge in [0.25, 0.3) is 0 Å². The van der Waals surface area contributed by atoms with E-state index in [9.17, 15) is 9.59 Å². The maximum absolute atomic E-state index is 11.7. The summed E-state index contributed by atoms with van der Waals surface area (Å²) in [6, 6.07) is 1.40. The maximum atomic E-state index is 11.7. The fourth-order valence-electron chi connectivity index (χ4n) is 1.63. The molecule has 0 fully saturated rings. The van der Waals surface area contributed by atoms with E-state index in [4.69, 9.17) is 11.5 Å². The lowest BCUT2D eigenvalue weighted by atomic mass is 10.2. The highest BCUT2D eigenvalue weighted by Gasteiger charge is 2.22. The van der Waals surface area contributed by atoms with Crippen LogP contribution >= 0.6 is 0 Å². The summed E-state index contributed by atoms with van der Waals surface area (Å²) in [6.07, 6.45) is 1.41. The standard InChI is InChI=1S/C12H18N4O3/c1-7(2)16(6-10(14)17)11-9(12(18)19-3)4-8(13)5-15-11/h4-5,7H,6,13H2,1-3H3,(H2,14,17). The van der Waals surface area contributed by atoms with Crippen molar-refractivity contribution in [1.29, 1.82) is 0 Å². The second-order valence-corrected chi connectivity index (χ2v) is 4.32. The van der Waals surface area contributed by atoms with Crippen molar-refractivity contribution in [3.63, 3.8) is 0 Å². The van der Waals surface area contributed by atoms with Crippen LogP contribution in [0.5, 0.6) is 0 Å². The first-order valence-corrected chi connectivity index (χ1v) is 5.75. The molecular weight excluding hydrogens is 248 g/mol. The number of carbonyl (C=O) groups is 2. The lowest BCUT2D eigenvalue weighted by Gasteiger charge is -2.27. The highest BCUT2D eigenvalue weighted by molar-refractivity contribution is 5.96. The van der Waals surface area contributed by atoms with Crippen LogP contribution in [0.4, 0.5) is 11.5 Å². The van der Waals surface area contributed by atoms with Crippen LogP contribution < -0.4 is 16.4 Å². The molecule has 1 amide bonds. The van der Waals surface area contributed by atoms with Gasteiger partial charge in [0.2, 0.25) is 5.91 Å². The van der Waals surface area contributed by atoms with Gasteiger partial charge in [0.1, 0.15) is 11.4 Å². The second kappa shape index (κ2) is 6.03. The predicted octanol–water partition coefficient (Wildman–Crippen LogP) is 0.151. The van der Waals surface area contributed by atoms with Crippen molar-refractivity contribution in [3.8, 4) is 0 Å². The number of esters is 1. The number of pyridine rings is 1. The summed E-state index contributed by atoms with van der Waals surface area (Å²) in [6.45, 7) is 3.68. The third-order valence-electron chi connectivity index (χ3n) is 2.51. The summed E-state index contributed by atoms with van der Waals surface area (Å²) in [5.41, 5.74) is 11.4. The molecule has 1 heterocycles. The van der Waals surface area contributed by atoms with Crippen molar-refractivity contribution >= 4 is 23.4 Å². The molecule has 1 rings (SSSR count). The van der Waals surface area contributed by atoms with Crippen molar-refractivity contribution in [3.05, 3.63) is 17.8 Å². The summed E-state index contributed by atoms with van der Waals surface area (Å²) in [5.74, 6) is -0.747. The number of nitrogens with two attached hydrogens (primary N) is 2. The van der Waals surface area contributed by atoms with E-state index in [1.165, 1.54) is 19.4 Å². The fraction of sp³-hybridized carbons (Fsp3) is 0.417. The molecule has 0 spiro atoms. The van der Waals surface area contributed by atoms with Crippen LogP contribution in [0.3, 0.4) is 0 Å². The smallest absolute Gasteiger partial charge is 0.341 e. The fourth-order valence-corrected chi connectivity index (χ4v) is 1.63. The minimum atomic E-state index is -0.565. The molecule has 0 saturated heterocycles. The minimum absolute atomic E-state index is 0.0431. The molecule has 104 valence electrons. The van der Waals surface area contributed by atoms with Crippen LogP contribution in [-0.2, 0) is 9.53 Å². The predicted molar refractivity (Wildman–Crippen MR) is 71.7 cm³/mol. The number of nitrogens with zero attached hydrogens (tertiary/aromatic N) is 2. The first-order chi connectivity index (χ1) is 8.86. The van der Waals surface area contributed by atoms with E-state index < -0.39 is 11.9 Å². The number of carbonyl (C=O) groups excluding carboxylic acids is 2. The summed E-state index contributed by atoms with van der Waals surface area (Å²) in [5, 5.41) is 0. The van der Waals surface area contributed by atoms with E-state index in [2.05, 4.69) is 9.72 Å². The van der Waals surface area contributed by atoms with Gasteiger partial charge >= 0.3 is 5.97 Å². The molecule has 0 aliphatic heterocycles. The van der Waals surface area contributed by atoms with Crippen LogP contribution in [0.15, 0.2) is 12.3 Å². The zero-order chi connectivity index (χ0) is 14.6. The zero-order valence-corrected chi connectivity index (χ0v) is 11.2. The number of nitrogen functional groups attached to an aromatic ring is 1. The Labute approximate surface area is 111 Å². The minimum Gasteiger partial charge on any atom is -0.465 e. The molecule has 0 bridgehead atoms. The number of ether oxygens (including phenoxy) is 1. The van der Waals surface area contributed by atoms with E-state index in [1.807, 2.05) is 13.8 Å². The summed E-state index contributed by atoms with van der Waals surface area (Å²) >= 11 is 0. The van der Waals surface area contributed by atoms with Gasteiger partial charge in [-0.3, -0.25) is 4.79 Å². The number of rotatable bonds is 5. The van der Waals surface area contributed by atoms with Crippen LogP contribution in [-0.4, -0.2) is 36.6 Å². The Hall–Kier alpha value is -2.31. The first-order valence-electron chi connectivity index (χ1n) is 5.75. The van der Waals surface area contributed by atoms with Gasteiger partial charge in [-0.25, -0.2) is 9.78 Å². The molecule has 0 aliphatic rings. The number of amides is 1. The van der Waals surface area contributed by atoms with Crippen molar-refractivity contribution in [1.82, 2.24) is 4.98 Å². The topological polar surface area (TPSA) is 112 Å². The van der Waals surface area contributed by atoms with Gasteiger partial charge in [0.15, 0.2) is 0 Å². The summed E-state index contributed by atoms with van der Waals surface area (Å²) in [7, 11) is 1.27. The number of aromatic nitrogens is 1. The Balaban J connectivity index is 3.29. The summed E-state index contributed by atoms with van der Waals surface area (Å²) < 4.78 is 4.69. The lowest BCUT2D eigenvalue weighted by Crippen LogP contribution is -2.40. The molecule has 1 aromatic heterocycles. The highest BCUT2D eigenvalue weighted by atomic mass is 16.5. The van der Waals surface area contributed by atoms with Crippen molar-refractivity contribution in [2.24, 2.45) is 5.73 Å². The van der Waals surface area contributed by atoms with Gasteiger partial charge in [-0.15, -0.1) is 0 Å².